The van der Waals surface area contributed by atoms with Crippen LogP contribution < -0.4 is 5.32 Å². The first kappa shape index (κ1) is 20.0. The van der Waals surface area contributed by atoms with Crippen LogP contribution in [-0.4, -0.2) is 21.1 Å². The van der Waals surface area contributed by atoms with Crippen LogP contribution in [0.4, 0.5) is 4.39 Å². The molecule has 0 aliphatic carbocycles. The van der Waals surface area contributed by atoms with Crippen molar-refractivity contribution in [2.75, 3.05) is 0 Å². The molecule has 0 spiro atoms. The zero-order chi connectivity index (χ0) is 21.1. The highest BCUT2D eigenvalue weighted by Crippen LogP contribution is 2.27. The summed E-state index contributed by atoms with van der Waals surface area (Å²) in [6.07, 6.45) is 2.26. The van der Waals surface area contributed by atoms with Crippen molar-refractivity contribution in [2.24, 2.45) is 0 Å². The Morgan fingerprint density at radius 1 is 1.07 bits per heavy atom. The van der Waals surface area contributed by atoms with E-state index in [0.717, 1.165) is 26.8 Å². The predicted octanol–water partition coefficient (Wildman–Crippen LogP) is 4.79. The summed E-state index contributed by atoms with van der Waals surface area (Å²) in [5, 5.41) is 2.89. The molecule has 4 rings (SSSR count). The van der Waals surface area contributed by atoms with Crippen LogP contribution in [0.25, 0.3) is 16.2 Å². The van der Waals surface area contributed by atoms with Gasteiger partial charge in [0.05, 0.1) is 12.2 Å². The number of amides is 1. The monoisotopic (exact) mass is 421 g/mol. The molecule has 30 heavy (non-hydrogen) atoms. The summed E-state index contributed by atoms with van der Waals surface area (Å²) in [7, 11) is 0. The Hall–Kier alpha value is -3.32. The van der Waals surface area contributed by atoms with Crippen molar-refractivity contribution in [3.63, 3.8) is 0 Å². The van der Waals surface area contributed by atoms with E-state index in [4.69, 9.17) is 0 Å². The maximum absolute atomic E-state index is 13.1. The normalized spacial score (nSPS) is 11.0. The van der Waals surface area contributed by atoms with Gasteiger partial charge in [-0.15, -0.1) is 0 Å². The van der Waals surface area contributed by atoms with Gasteiger partial charge in [-0.1, -0.05) is 41.7 Å². The molecule has 0 aliphatic heterocycles. The van der Waals surface area contributed by atoms with Crippen molar-refractivity contribution in [2.45, 2.75) is 26.3 Å². The average molecular weight is 421 g/mol. The number of fused-ring (bicyclic) bond motifs is 1. The number of hydrogen-bond acceptors (Lipinski definition) is 4. The number of nitrogens with zero attached hydrogens (tertiary/aromatic N) is 2. The molecule has 152 valence electrons. The molecule has 7 heteroatoms. The van der Waals surface area contributed by atoms with Crippen LogP contribution in [0.3, 0.4) is 0 Å². The van der Waals surface area contributed by atoms with Gasteiger partial charge in [-0.05, 0) is 31.2 Å². The van der Waals surface area contributed by atoms with Gasteiger partial charge in [0.1, 0.15) is 5.82 Å². The Balaban J connectivity index is 1.36. The fourth-order valence-electron chi connectivity index (χ4n) is 3.18. The first-order valence-electron chi connectivity index (χ1n) is 9.59. The van der Waals surface area contributed by atoms with Gasteiger partial charge in [0.15, 0.2) is 10.7 Å². The number of thiazole rings is 1. The summed E-state index contributed by atoms with van der Waals surface area (Å²) in [6.45, 7) is 2.37. The minimum Gasteiger partial charge on any atom is -0.351 e. The molecule has 1 N–H and O–H groups in total. The van der Waals surface area contributed by atoms with Crippen molar-refractivity contribution in [3.05, 3.63) is 82.7 Å². The average Bonchev–Trinajstić information content (AvgIpc) is 3.31. The number of hydrogen-bond donors (Lipinski definition) is 1. The van der Waals surface area contributed by atoms with Crippen LogP contribution in [0.2, 0.25) is 0 Å². The Kier molecular flexibility index (Phi) is 5.72. The first-order valence-corrected chi connectivity index (χ1v) is 10.4. The molecule has 0 unspecified atom stereocenters. The van der Waals surface area contributed by atoms with Crippen molar-refractivity contribution in [3.8, 4) is 11.3 Å². The van der Waals surface area contributed by atoms with Gasteiger partial charge >= 0.3 is 0 Å². The highest BCUT2D eigenvalue weighted by atomic mass is 32.1. The number of carbonyl (C=O) groups excluding carboxylic acids is 2. The van der Waals surface area contributed by atoms with E-state index in [9.17, 15) is 14.0 Å². The van der Waals surface area contributed by atoms with Gasteiger partial charge in [0.25, 0.3) is 0 Å². The van der Waals surface area contributed by atoms with E-state index >= 15 is 0 Å². The van der Waals surface area contributed by atoms with Crippen LogP contribution in [0, 0.1) is 12.7 Å². The molecule has 0 aliphatic rings. The molecule has 0 radical (unpaired) electrons. The van der Waals surface area contributed by atoms with E-state index < -0.39 is 0 Å². The standard InChI is InChI=1S/C23H20FN3O2S/c1-15-21(13-25-22(29)12-11-20(28)17-5-3-2-4-6-17)30-23-26-19(14-27(15)23)16-7-9-18(24)10-8-16/h2-10,14H,11-13H2,1H3,(H,25,29). The third-order valence-electron chi connectivity index (χ3n) is 4.91. The lowest BCUT2D eigenvalue weighted by Crippen LogP contribution is -2.23. The number of halogens is 1. The van der Waals surface area contributed by atoms with Gasteiger partial charge in [-0.2, -0.15) is 0 Å². The highest BCUT2D eigenvalue weighted by molar-refractivity contribution is 7.17. The molecule has 0 fully saturated rings. The maximum atomic E-state index is 13.1. The molecule has 2 heterocycles. The SMILES string of the molecule is Cc1c(CNC(=O)CCC(=O)c2ccccc2)sc2nc(-c3ccc(F)cc3)cn12. The Morgan fingerprint density at radius 2 is 1.80 bits per heavy atom. The van der Waals surface area contributed by atoms with Crippen LogP contribution in [0.5, 0.6) is 0 Å². The number of rotatable bonds is 7. The molecule has 5 nitrogen and oxygen atoms in total. The van der Waals surface area contributed by atoms with Gasteiger partial charge in [-0.25, -0.2) is 9.37 Å². The summed E-state index contributed by atoms with van der Waals surface area (Å²) in [5.41, 5.74) is 3.25. The van der Waals surface area contributed by atoms with Gasteiger partial charge in [-0.3, -0.25) is 14.0 Å². The molecular formula is C23H20FN3O2S. The molecule has 0 bridgehead atoms. The smallest absolute Gasteiger partial charge is 0.220 e. The highest BCUT2D eigenvalue weighted by Gasteiger charge is 2.14. The van der Waals surface area contributed by atoms with Crippen LogP contribution >= 0.6 is 11.3 Å². The predicted molar refractivity (Wildman–Crippen MR) is 115 cm³/mol. The number of aromatic nitrogens is 2. The molecule has 0 atom stereocenters. The van der Waals surface area contributed by atoms with Gasteiger partial charge < -0.3 is 5.32 Å². The van der Waals surface area contributed by atoms with Crippen molar-refractivity contribution in [1.82, 2.24) is 14.7 Å². The number of carbonyl (C=O) groups is 2. The lowest BCUT2D eigenvalue weighted by atomic mass is 10.1. The second-order valence-corrected chi connectivity index (χ2v) is 8.02. The van der Waals surface area contributed by atoms with Gasteiger partial charge in [0.2, 0.25) is 5.91 Å². The van der Waals surface area contributed by atoms with Crippen molar-refractivity contribution in [1.29, 1.82) is 0 Å². The van der Waals surface area contributed by atoms with Crippen LogP contribution in [0.1, 0.15) is 33.8 Å². The molecule has 2 aromatic carbocycles. The molecular weight excluding hydrogens is 401 g/mol. The minimum atomic E-state index is -0.278. The molecule has 1 amide bonds. The Morgan fingerprint density at radius 3 is 2.50 bits per heavy atom. The van der Waals surface area contributed by atoms with Crippen LogP contribution in [0.15, 0.2) is 60.8 Å². The molecule has 0 saturated carbocycles. The van der Waals surface area contributed by atoms with E-state index in [1.54, 1.807) is 24.3 Å². The van der Waals surface area contributed by atoms with Crippen molar-refractivity contribution >= 4 is 28.0 Å². The topological polar surface area (TPSA) is 63.5 Å². The number of benzene rings is 2. The lowest BCUT2D eigenvalue weighted by molar-refractivity contribution is -0.121. The second kappa shape index (κ2) is 8.59. The molecule has 0 saturated heterocycles. The van der Waals surface area contributed by atoms with Gasteiger partial charge in [0, 0.05) is 40.7 Å². The largest absolute Gasteiger partial charge is 0.351 e. The van der Waals surface area contributed by atoms with E-state index in [-0.39, 0.29) is 30.3 Å². The Labute approximate surface area is 177 Å². The number of nitrogens with one attached hydrogen (secondary N) is 1. The quantitative estimate of drug-likeness (QED) is 0.437. The first-order chi connectivity index (χ1) is 14.5. The summed E-state index contributed by atoms with van der Waals surface area (Å²) < 4.78 is 15.1. The zero-order valence-electron chi connectivity index (χ0n) is 16.4. The maximum Gasteiger partial charge on any atom is 0.220 e. The number of aryl methyl sites for hydroxylation is 1. The summed E-state index contributed by atoms with van der Waals surface area (Å²) in [5.74, 6) is -0.471. The second-order valence-electron chi connectivity index (χ2n) is 6.96. The van der Waals surface area contributed by atoms with E-state index in [2.05, 4.69) is 10.3 Å². The fourth-order valence-corrected chi connectivity index (χ4v) is 4.22. The van der Waals surface area contributed by atoms with Crippen LogP contribution in [-0.2, 0) is 11.3 Å². The van der Waals surface area contributed by atoms with Crippen molar-refractivity contribution < 1.29 is 14.0 Å². The van der Waals surface area contributed by atoms with E-state index in [0.29, 0.717) is 12.1 Å². The molecule has 4 aromatic rings. The number of ketones is 1. The van der Waals surface area contributed by atoms with E-state index in [1.165, 1.54) is 23.5 Å². The fraction of sp³-hybridized carbons (Fsp3) is 0.174. The number of imidazole rings is 1. The number of Topliss-reactive ketones (excluding diaryl/α,β-unsaturated/α-hetero) is 1. The van der Waals surface area contributed by atoms with E-state index in [1.807, 2.05) is 35.7 Å². The summed E-state index contributed by atoms with van der Waals surface area (Å²) >= 11 is 1.50. The lowest BCUT2D eigenvalue weighted by Gasteiger charge is -2.05. The minimum absolute atomic E-state index is 0.0372. The summed E-state index contributed by atoms with van der Waals surface area (Å²) in [4.78, 5) is 30.7. The Bertz CT molecular complexity index is 1200. The third-order valence-corrected chi connectivity index (χ3v) is 6.07. The molecule has 2 aromatic heterocycles. The third kappa shape index (κ3) is 4.31. The summed E-state index contributed by atoms with van der Waals surface area (Å²) in [6, 6.07) is 15.2. The zero-order valence-corrected chi connectivity index (χ0v) is 17.2.